The Kier molecular flexibility index (Phi) is 7.04. The highest BCUT2D eigenvalue weighted by Gasteiger charge is 2.28. The average Bonchev–Trinajstić information content (AvgIpc) is 3.47. The maximum absolute atomic E-state index is 13.5. The molecule has 9 heteroatoms. The van der Waals surface area contributed by atoms with E-state index in [0.29, 0.717) is 27.7 Å². The van der Waals surface area contributed by atoms with Gasteiger partial charge in [0.1, 0.15) is 9.88 Å². The van der Waals surface area contributed by atoms with Crippen LogP contribution in [0.3, 0.4) is 0 Å². The summed E-state index contributed by atoms with van der Waals surface area (Å²) in [5, 5.41) is 5.70. The number of ether oxygens (including phenoxy) is 2. The molecule has 0 aliphatic heterocycles. The fourth-order valence-electron chi connectivity index (χ4n) is 3.53. The third-order valence-corrected chi connectivity index (χ3v) is 7.13. The van der Waals surface area contributed by atoms with Gasteiger partial charge in [-0.05, 0) is 49.9 Å². The van der Waals surface area contributed by atoms with Gasteiger partial charge in [-0.15, -0.1) is 22.7 Å². The van der Waals surface area contributed by atoms with Crippen LogP contribution in [0.4, 0.5) is 5.00 Å². The Morgan fingerprint density at radius 2 is 1.74 bits per heavy atom. The number of esters is 2. The van der Waals surface area contributed by atoms with Gasteiger partial charge in [0.25, 0.3) is 5.91 Å². The summed E-state index contributed by atoms with van der Waals surface area (Å²) in [6.07, 6.45) is 0. The van der Waals surface area contributed by atoms with Crippen LogP contribution in [-0.4, -0.2) is 36.0 Å². The third-order valence-electron chi connectivity index (χ3n) is 5.05. The number of amides is 1. The normalized spacial score (nSPS) is 10.8. The molecule has 1 aromatic carbocycles. The van der Waals surface area contributed by atoms with E-state index in [1.807, 2.05) is 41.8 Å². The molecule has 3 aromatic heterocycles. The molecular formula is C25H22N2O5S2. The van der Waals surface area contributed by atoms with Gasteiger partial charge in [0.15, 0.2) is 0 Å². The molecule has 0 aliphatic carbocycles. The fourth-order valence-corrected chi connectivity index (χ4v) is 5.30. The molecule has 34 heavy (non-hydrogen) atoms. The number of thiophene rings is 2. The Morgan fingerprint density at radius 1 is 1.00 bits per heavy atom. The van der Waals surface area contributed by atoms with Crippen LogP contribution in [0.2, 0.25) is 0 Å². The summed E-state index contributed by atoms with van der Waals surface area (Å²) in [5.41, 5.74) is 2.33. The van der Waals surface area contributed by atoms with E-state index >= 15 is 0 Å². The molecule has 0 aliphatic rings. The first-order valence-corrected chi connectivity index (χ1v) is 12.4. The lowest BCUT2D eigenvalue weighted by Gasteiger charge is -2.10. The van der Waals surface area contributed by atoms with E-state index in [0.717, 1.165) is 16.2 Å². The average molecular weight is 495 g/mol. The minimum atomic E-state index is -0.610. The van der Waals surface area contributed by atoms with E-state index in [9.17, 15) is 14.4 Å². The van der Waals surface area contributed by atoms with Crippen LogP contribution < -0.4 is 5.32 Å². The first-order chi connectivity index (χ1) is 16.4. The molecule has 0 fully saturated rings. The van der Waals surface area contributed by atoms with Crippen molar-refractivity contribution in [1.82, 2.24) is 4.98 Å². The predicted octanol–water partition coefficient (Wildman–Crippen LogP) is 5.94. The molecule has 1 amide bonds. The Morgan fingerprint density at radius 3 is 2.44 bits per heavy atom. The van der Waals surface area contributed by atoms with Crippen LogP contribution >= 0.6 is 22.7 Å². The minimum Gasteiger partial charge on any atom is -0.462 e. The van der Waals surface area contributed by atoms with Gasteiger partial charge >= 0.3 is 11.9 Å². The van der Waals surface area contributed by atoms with Crippen molar-refractivity contribution < 1.29 is 23.9 Å². The van der Waals surface area contributed by atoms with Crippen molar-refractivity contribution in [3.63, 3.8) is 0 Å². The zero-order valence-corrected chi connectivity index (χ0v) is 20.5. The molecule has 1 N–H and O–H groups in total. The molecule has 0 atom stereocenters. The van der Waals surface area contributed by atoms with Gasteiger partial charge in [0.05, 0.1) is 40.4 Å². The van der Waals surface area contributed by atoms with E-state index in [2.05, 4.69) is 5.32 Å². The SMILES string of the molecule is CCOC(=O)c1sc(NC(=O)c2cc(-c3cccs3)nc3ccccc23)c(C(=O)OCC)c1C. The number of nitrogens with one attached hydrogen (secondary N) is 1. The number of benzene rings is 1. The molecular weight excluding hydrogens is 472 g/mol. The fraction of sp³-hybridized carbons (Fsp3) is 0.200. The number of pyridine rings is 1. The van der Waals surface area contributed by atoms with Crippen molar-refractivity contribution in [3.05, 3.63) is 69.4 Å². The molecule has 0 radical (unpaired) electrons. The topological polar surface area (TPSA) is 94.6 Å². The molecule has 4 rings (SSSR count). The maximum Gasteiger partial charge on any atom is 0.348 e. The molecule has 4 aromatic rings. The van der Waals surface area contributed by atoms with Crippen LogP contribution in [0.1, 0.15) is 49.8 Å². The van der Waals surface area contributed by atoms with Crippen molar-refractivity contribution in [2.45, 2.75) is 20.8 Å². The number of rotatable bonds is 7. The van der Waals surface area contributed by atoms with Crippen LogP contribution in [0, 0.1) is 6.92 Å². The summed E-state index contributed by atoms with van der Waals surface area (Å²) in [6, 6.07) is 13.0. The van der Waals surface area contributed by atoms with Crippen molar-refractivity contribution in [2.24, 2.45) is 0 Å². The Bertz CT molecular complexity index is 1380. The predicted molar refractivity (Wildman–Crippen MR) is 134 cm³/mol. The first-order valence-electron chi connectivity index (χ1n) is 10.7. The second-order valence-corrected chi connectivity index (χ2v) is 9.17. The molecule has 7 nitrogen and oxygen atoms in total. The van der Waals surface area contributed by atoms with Crippen molar-refractivity contribution in [3.8, 4) is 10.6 Å². The maximum atomic E-state index is 13.5. The third kappa shape index (κ3) is 4.57. The zero-order chi connectivity index (χ0) is 24.2. The lowest BCUT2D eigenvalue weighted by atomic mass is 10.1. The highest BCUT2D eigenvalue weighted by molar-refractivity contribution is 7.18. The summed E-state index contributed by atoms with van der Waals surface area (Å²) in [4.78, 5) is 44.5. The summed E-state index contributed by atoms with van der Waals surface area (Å²) in [5.74, 6) is -1.58. The molecule has 3 heterocycles. The van der Waals surface area contributed by atoms with E-state index in [1.165, 1.54) is 11.3 Å². The monoisotopic (exact) mass is 494 g/mol. The Hall–Kier alpha value is -3.56. The van der Waals surface area contributed by atoms with Gasteiger partial charge in [-0.2, -0.15) is 0 Å². The molecule has 0 bridgehead atoms. The van der Waals surface area contributed by atoms with E-state index in [4.69, 9.17) is 14.5 Å². The van der Waals surface area contributed by atoms with Crippen molar-refractivity contribution >= 4 is 56.4 Å². The largest absolute Gasteiger partial charge is 0.462 e. The number of para-hydroxylation sites is 1. The first kappa shape index (κ1) is 23.6. The van der Waals surface area contributed by atoms with E-state index in [1.54, 1.807) is 26.8 Å². The highest BCUT2D eigenvalue weighted by atomic mass is 32.1. The lowest BCUT2D eigenvalue weighted by Crippen LogP contribution is -2.15. The zero-order valence-electron chi connectivity index (χ0n) is 18.8. The number of fused-ring (bicyclic) bond motifs is 1. The number of anilines is 1. The van der Waals surface area contributed by atoms with Crippen LogP contribution in [0.25, 0.3) is 21.5 Å². The van der Waals surface area contributed by atoms with Gasteiger partial charge in [0.2, 0.25) is 0 Å². The van der Waals surface area contributed by atoms with Gasteiger partial charge < -0.3 is 14.8 Å². The molecule has 0 saturated carbocycles. The van der Waals surface area contributed by atoms with Gasteiger partial charge in [-0.25, -0.2) is 14.6 Å². The summed E-state index contributed by atoms with van der Waals surface area (Å²) >= 11 is 2.53. The van der Waals surface area contributed by atoms with Crippen LogP contribution in [0.5, 0.6) is 0 Å². The Labute approximate surface area is 204 Å². The molecule has 0 saturated heterocycles. The molecule has 0 unspecified atom stereocenters. The standard InChI is InChI=1S/C25H22N2O5S2/c1-4-31-24(29)20-14(3)21(25(30)32-5-2)34-23(20)27-22(28)16-13-18(19-11-8-12-33-19)26-17-10-7-6-9-15(16)17/h6-13H,4-5H2,1-3H3,(H,27,28). The number of aromatic nitrogens is 1. The van der Waals surface area contributed by atoms with Crippen molar-refractivity contribution in [1.29, 1.82) is 0 Å². The second kappa shape index (κ2) is 10.1. The molecule has 174 valence electrons. The second-order valence-electron chi connectivity index (χ2n) is 7.20. The summed E-state index contributed by atoms with van der Waals surface area (Å²) in [6.45, 7) is 5.40. The smallest absolute Gasteiger partial charge is 0.348 e. The van der Waals surface area contributed by atoms with Gasteiger partial charge in [0, 0.05) is 5.39 Å². The van der Waals surface area contributed by atoms with Crippen molar-refractivity contribution in [2.75, 3.05) is 18.5 Å². The van der Waals surface area contributed by atoms with Gasteiger partial charge in [-0.1, -0.05) is 24.3 Å². The van der Waals surface area contributed by atoms with E-state index in [-0.39, 0.29) is 28.7 Å². The number of carbonyl (C=O) groups excluding carboxylic acids is 3. The number of hydrogen-bond donors (Lipinski definition) is 1. The number of nitrogens with zero attached hydrogens (tertiary/aromatic N) is 1. The lowest BCUT2D eigenvalue weighted by molar-refractivity contribution is 0.0527. The van der Waals surface area contributed by atoms with Crippen LogP contribution in [0.15, 0.2) is 47.8 Å². The van der Waals surface area contributed by atoms with Gasteiger partial charge in [-0.3, -0.25) is 4.79 Å². The highest BCUT2D eigenvalue weighted by Crippen LogP contribution is 2.35. The quantitative estimate of drug-likeness (QED) is 0.320. The van der Waals surface area contributed by atoms with E-state index < -0.39 is 17.8 Å². The number of carbonyl (C=O) groups is 3. The number of hydrogen-bond acceptors (Lipinski definition) is 8. The summed E-state index contributed by atoms with van der Waals surface area (Å²) < 4.78 is 10.3. The summed E-state index contributed by atoms with van der Waals surface area (Å²) in [7, 11) is 0. The molecule has 0 spiro atoms. The van der Waals surface area contributed by atoms with Crippen LogP contribution in [-0.2, 0) is 9.47 Å². The Balaban J connectivity index is 1.79. The minimum absolute atomic E-state index is 0.153.